The molecule has 0 spiro atoms. The number of primary amides is 1. The van der Waals surface area contributed by atoms with Gasteiger partial charge in [0.2, 0.25) is 11.8 Å². The number of nitrogens with two attached hydrogens (primary N) is 1. The maximum Gasteiger partial charge on any atom is 0.232 e. The van der Waals surface area contributed by atoms with E-state index in [9.17, 15) is 9.59 Å². The molecule has 9 heteroatoms. The molecule has 1 aliphatic carbocycles. The first kappa shape index (κ1) is 17.3. The molecule has 0 saturated heterocycles. The summed E-state index contributed by atoms with van der Waals surface area (Å²) in [4.78, 5) is 24.6. The zero-order valence-electron chi connectivity index (χ0n) is 13.1. The van der Waals surface area contributed by atoms with Crippen LogP contribution in [0.1, 0.15) is 37.4 Å². The van der Waals surface area contributed by atoms with Crippen LogP contribution in [0.25, 0.3) is 0 Å². The lowest BCUT2D eigenvalue weighted by Crippen LogP contribution is -2.29. The van der Waals surface area contributed by atoms with E-state index in [1.165, 1.54) is 16.7 Å². The SMILES string of the molecule is CN(CCC#N)C(=O)CSc1nnc(C2CC2)n1CCC(N)=O. The Morgan fingerprint density at radius 3 is 2.83 bits per heavy atom. The minimum atomic E-state index is -0.372. The van der Waals surface area contributed by atoms with E-state index in [0.29, 0.717) is 30.6 Å². The average molecular weight is 336 g/mol. The molecule has 0 unspecified atom stereocenters. The highest BCUT2D eigenvalue weighted by Gasteiger charge is 2.30. The summed E-state index contributed by atoms with van der Waals surface area (Å²) in [6.07, 6.45) is 2.69. The minimum Gasteiger partial charge on any atom is -0.370 e. The van der Waals surface area contributed by atoms with Gasteiger partial charge in [0.1, 0.15) is 5.82 Å². The summed E-state index contributed by atoms with van der Waals surface area (Å²) in [6, 6.07) is 2.02. The summed E-state index contributed by atoms with van der Waals surface area (Å²) in [5.74, 6) is 1.06. The second-order valence-electron chi connectivity index (χ2n) is 5.50. The second-order valence-corrected chi connectivity index (χ2v) is 6.44. The molecule has 2 N–H and O–H groups in total. The Morgan fingerprint density at radius 1 is 1.48 bits per heavy atom. The lowest BCUT2D eigenvalue weighted by molar-refractivity contribution is -0.127. The first-order valence-corrected chi connectivity index (χ1v) is 8.46. The fourth-order valence-electron chi connectivity index (χ4n) is 2.06. The number of rotatable bonds is 9. The molecule has 2 rings (SSSR count). The normalized spacial score (nSPS) is 13.6. The molecule has 1 aromatic rings. The molecule has 1 heterocycles. The van der Waals surface area contributed by atoms with E-state index in [2.05, 4.69) is 10.2 Å². The van der Waals surface area contributed by atoms with E-state index >= 15 is 0 Å². The van der Waals surface area contributed by atoms with Gasteiger partial charge < -0.3 is 15.2 Å². The van der Waals surface area contributed by atoms with Crippen molar-refractivity contribution in [3.63, 3.8) is 0 Å². The van der Waals surface area contributed by atoms with Gasteiger partial charge in [-0.15, -0.1) is 10.2 Å². The Kier molecular flexibility index (Phi) is 5.98. The molecule has 0 aliphatic heterocycles. The molecule has 1 aliphatic rings. The number of carbonyl (C=O) groups is 2. The number of carbonyl (C=O) groups excluding carboxylic acids is 2. The fraction of sp³-hybridized carbons (Fsp3) is 0.643. The number of amides is 2. The smallest absolute Gasteiger partial charge is 0.232 e. The lowest BCUT2D eigenvalue weighted by Gasteiger charge is -2.15. The van der Waals surface area contributed by atoms with Gasteiger partial charge in [0.15, 0.2) is 5.16 Å². The van der Waals surface area contributed by atoms with E-state index in [4.69, 9.17) is 11.0 Å². The standard InChI is InChI=1S/C14H20N6O2S/c1-19(7-2-6-15)12(22)9-23-14-18-17-13(10-3-4-10)20(14)8-5-11(16)21/h10H,2-5,7-9H2,1H3,(H2,16,21). The molecule has 124 valence electrons. The van der Waals surface area contributed by atoms with Crippen molar-refractivity contribution in [3.05, 3.63) is 5.82 Å². The van der Waals surface area contributed by atoms with Gasteiger partial charge in [-0.05, 0) is 12.8 Å². The molecule has 1 aromatic heterocycles. The van der Waals surface area contributed by atoms with Crippen LogP contribution >= 0.6 is 11.8 Å². The lowest BCUT2D eigenvalue weighted by atomic mass is 10.3. The quantitative estimate of drug-likeness (QED) is 0.656. The molecule has 0 radical (unpaired) electrons. The van der Waals surface area contributed by atoms with Gasteiger partial charge in [0.05, 0.1) is 18.2 Å². The van der Waals surface area contributed by atoms with Crippen molar-refractivity contribution in [2.24, 2.45) is 5.73 Å². The van der Waals surface area contributed by atoms with Gasteiger partial charge in [0.25, 0.3) is 0 Å². The fourth-order valence-corrected chi connectivity index (χ4v) is 2.97. The van der Waals surface area contributed by atoms with Crippen LogP contribution in [0.3, 0.4) is 0 Å². The minimum absolute atomic E-state index is 0.0670. The van der Waals surface area contributed by atoms with Crippen LogP contribution in [0.2, 0.25) is 0 Å². The van der Waals surface area contributed by atoms with Crippen molar-refractivity contribution in [1.29, 1.82) is 5.26 Å². The highest BCUT2D eigenvalue weighted by Crippen LogP contribution is 2.40. The summed E-state index contributed by atoms with van der Waals surface area (Å²) in [5.41, 5.74) is 5.22. The number of aromatic nitrogens is 3. The van der Waals surface area contributed by atoms with Gasteiger partial charge in [-0.3, -0.25) is 9.59 Å². The van der Waals surface area contributed by atoms with Crippen molar-refractivity contribution in [1.82, 2.24) is 19.7 Å². The largest absolute Gasteiger partial charge is 0.370 e. The number of thioether (sulfide) groups is 1. The first-order chi connectivity index (χ1) is 11.0. The van der Waals surface area contributed by atoms with Gasteiger partial charge in [-0.2, -0.15) is 5.26 Å². The van der Waals surface area contributed by atoms with E-state index < -0.39 is 0 Å². The number of hydrogen-bond donors (Lipinski definition) is 1. The average Bonchev–Trinajstić information content (AvgIpc) is 3.29. The predicted octanol–water partition coefficient (Wildman–Crippen LogP) is 0.495. The van der Waals surface area contributed by atoms with Crippen LogP contribution in [-0.4, -0.2) is 50.8 Å². The molecule has 1 fully saturated rings. The van der Waals surface area contributed by atoms with Crippen molar-refractivity contribution in [3.8, 4) is 6.07 Å². The number of hydrogen-bond acceptors (Lipinski definition) is 6. The van der Waals surface area contributed by atoms with E-state index in [-0.39, 0.29) is 24.0 Å². The van der Waals surface area contributed by atoms with Crippen LogP contribution in [0, 0.1) is 11.3 Å². The number of nitrogens with zero attached hydrogens (tertiary/aromatic N) is 5. The molecule has 1 saturated carbocycles. The summed E-state index contributed by atoms with van der Waals surface area (Å²) in [7, 11) is 1.67. The zero-order chi connectivity index (χ0) is 16.8. The zero-order valence-corrected chi connectivity index (χ0v) is 13.9. The molecular weight excluding hydrogens is 316 g/mol. The van der Waals surface area contributed by atoms with Crippen LogP contribution in [-0.2, 0) is 16.1 Å². The van der Waals surface area contributed by atoms with E-state index in [0.717, 1.165) is 18.7 Å². The molecule has 0 atom stereocenters. The first-order valence-electron chi connectivity index (χ1n) is 7.48. The Hall–Kier alpha value is -2.08. The second kappa shape index (κ2) is 7.97. The van der Waals surface area contributed by atoms with E-state index in [1.54, 1.807) is 7.05 Å². The molecule has 23 heavy (non-hydrogen) atoms. The molecular formula is C14H20N6O2S. The third-order valence-corrected chi connectivity index (χ3v) is 4.53. The van der Waals surface area contributed by atoms with Crippen molar-refractivity contribution < 1.29 is 9.59 Å². The Balaban J connectivity index is 1.97. The van der Waals surface area contributed by atoms with E-state index in [1.807, 2.05) is 10.6 Å². The van der Waals surface area contributed by atoms with Crippen LogP contribution in [0.4, 0.5) is 0 Å². The molecule has 0 aromatic carbocycles. The van der Waals surface area contributed by atoms with Crippen LogP contribution < -0.4 is 5.73 Å². The predicted molar refractivity (Wildman–Crippen MR) is 84.4 cm³/mol. The molecule has 8 nitrogen and oxygen atoms in total. The van der Waals surface area contributed by atoms with Gasteiger partial charge in [0, 0.05) is 32.5 Å². The summed E-state index contributed by atoms with van der Waals surface area (Å²) in [6.45, 7) is 0.854. The third kappa shape index (κ3) is 4.96. The summed E-state index contributed by atoms with van der Waals surface area (Å²) < 4.78 is 1.90. The van der Waals surface area contributed by atoms with Gasteiger partial charge >= 0.3 is 0 Å². The highest BCUT2D eigenvalue weighted by atomic mass is 32.2. The topological polar surface area (TPSA) is 118 Å². The number of nitriles is 1. The highest BCUT2D eigenvalue weighted by molar-refractivity contribution is 7.99. The van der Waals surface area contributed by atoms with Gasteiger partial charge in [-0.25, -0.2) is 0 Å². The van der Waals surface area contributed by atoms with Crippen molar-refractivity contribution in [2.75, 3.05) is 19.3 Å². The summed E-state index contributed by atoms with van der Waals surface area (Å²) >= 11 is 1.30. The van der Waals surface area contributed by atoms with Gasteiger partial charge in [-0.1, -0.05) is 11.8 Å². The monoisotopic (exact) mass is 336 g/mol. The Bertz CT molecular complexity index is 619. The van der Waals surface area contributed by atoms with Crippen molar-refractivity contribution >= 4 is 23.6 Å². The molecule has 2 amide bonds. The maximum atomic E-state index is 12.0. The maximum absolute atomic E-state index is 12.0. The Labute approximate surface area is 139 Å². The van der Waals surface area contributed by atoms with Crippen LogP contribution in [0.5, 0.6) is 0 Å². The van der Waals surface area contributed by atoms with Crippen LogP contribution in [0.15, 0.2) is 5.16 Å². The van der Waals surface area contributed by atoms with Crippen molar-refractivity contribution in [2.45, 2.75) is 43.3 Å². The summed E-state index contributed by atoms with van der Waals surface area (Å²) in [5, 5.41) is 17.5. The Morgan fingerprint density at radius 2 is 2.22 bits per heavy atom. The molecule has 0 bridgehead atoms. The third-order valence-electron chi connectivity index (χ3n) is 3.58.